The summed E-state index contributed by atoms with van der Waals surface area (Å²) in [6.07, 6.45) is 7.20. The summed E-state index contributed by atoms with van der Waals surface area (Å²) >= 11 is 1.74. The topological polar surface area (TPSA) is 29.9 Å². The number of hydrogen-bond donors (Lipinski definition) is 1. The second-order valence-corrected chi connectivity index (χ2v) is 6.32. The van der Waals surface area contributed by atoms with Crippen molar-refractivity contribution < 1.29 is 0 Å². The third-order valence-electron chi connectivity index (χ3n) is 3.63. The van der Waals surface area contributed by atoms with Crippen molar-refractivity contribution in [2.24, 2.45) is 5.92 Å². The van der Waals surface area contributed by atoms with E-state index in [0.717, 1.165) is 24.7 Å². The van der Waals surface area contributed by atoms with Crippen molar-refractivity contribution in [1.82, 2.24) is 14.9 Å². The second-order valence-electron chi connectivity index (χ2n) is 5.37. The van der Waals surface area contributed by atoms with Crippen LogP contribution in [0.4, 0.5) is 0 Å². The molecule has 0 amide bonds. The van der Waals surface area contributed by atoms with Gasteiger partial charge in [0.1, 0.15) is 5.01 Å². The van der Waals surface area contributed by atoms with Gasteiger partial charge in [-0.05, 0) is 43.9 Å². The van der Waals surface area contributed by atoms with Crippen LogP contribution in [-0.2, 0) is 6.54 Å². The smallest absolute Gasteiger partial charge is 0.113 e. The molecule has 1 saturated carbocycles. The Morgan fingerprint density at radius 3 is 3.00 bits per heavy atom. The van der Waals surface area contributed by atoms with Crippen LogP contribution in [0.3, 0.4) is 0 Å². The fourth-order valence-corrected chi connectivity index (χ4v) is 3.36. The molecule has 1 atom stereocenters. The molecule has 1 aliphatic rings. The van der Waals surface area contributed by atoms with Crippen molar-refractivity contribution in [3.63, 3.8) is 0 Å². The van der Waals surface area contributed by atoms with E-state index in [2.05, 4.69) is 52.6 Å². The number of hydrogen-bond acceptors (Lipinski definition) is 3. The lowest BCUT2D eigenvalue weighted by Gasteiger charge is -2.15. The van der Waals surface area contributed by atoms with Gasteiger partial charge in [-0.3, -0.25) is 0 Å². The minimum absolute atomic E-state index is 0.546. The Kier molecular flexibility index (Phi) is 3.71. The van der Waals surface area contributed by atoms with Gasteiger partial charge in [-0.2, -0.15) is 0 Å². The Bertz CT molecular complexity index is 539. The van der Waals surface area contributed by atoms with Gasteiger partial charge in [-0.1, -0.05) is 6.92 Å². The van der Waals surface area contributed by atoms with Gasteiger partial charge in [-0.25, -0.2) is 4.98 Å². The predicted molar refractivity (Wildman–Crippen MR) is 79.5 cm³/mol. The fourth-order valence-electron chi connectivity index (χ4n) is 2.58. The highest BCUT2D eigenvalue weighted by Crippen LogP contribution is 2.41. The lowest BCUT2D eigenvalue weighted by atomic mass is 10.1. The molecule has 102 valence electrons. The molecule has 0 saturated heterocycles. The minimum atomic E-state index is 0.546. The Balaban J connectivity index is 1.71. The molecule has 3 nitrogen and oxygen atoms in total. The molecule has 2 aromatic rings. The van der Waals surface area contributed by atoms with Gasteiger partial charge in [0.15, 0.2) is 0 Å². The van der Waals surface area contributed by atoms with Crippen LogP contribution >= 0.6 is 11.3 Å². The largest absolute Gasteiger partial charge is 0.347 e. The summed E-state index contributed by atoms with van der Waals surface area (Å²) in [7, 11) is 0. The molecule has 0 bridgehead atoms. The molecule has 0 spiro atoms. The van der Waals surface area contributed by atoms with Crippen LogP contribution in [0.25, 0.3) is 0 Å². The van der Waals surface area contributed by atoms with E-state index < -0.39 is 0 Å². The Morgan fingerprint density at radius 1 is 1.53 bits per heavy atom. The van der Waals surface area contributed by atoms with E-state index in [9.17, 15) is 0 Å². The number of rotatable bonds is 6. The monoisotopic (exact) mass is 275 g/mol. The molecule has 1 fully saturated rings. The van der Waals surface area contributed by atoms with Crippen LogP contribution in [0.2, 0.25) is 0 Å². The van der Waals surface area contributed by atoms with Gasteiger partial charge in [0.2, 0.25) is 0 Å². The van der Waals surface area contributed by atoms with Gasteiger partial charge in [0.05, 0.1) is 6.54 Å². The third-order valence-corrected chi connectivity index (χ3v) is 4.59. The summed E-state index contributed by atoms with van der Waals surface area (Å²) in [6.45, 7) is 6.17. The summed E-state index contributed by atoms with van der Waals surface area (Å²) in [6, 6.07) is 2.80. The highest BCUT2D eigenvalue weighted by molar-refractivity contribution is 7.09. The maximum atomic E-state index is 4.53. The van der Waals surface area contributed by atoms with Gasteiger partial charge in [-0.15, -0.1) is 11.3 Å². The zero-order chi connectivity index (χ0) is 13.2. The highest BCUT2D eigenvalue weighted by atomic mass is 32.1. The van der Waals surface area contributed by atoms with Crippen molar-refractivity contribution >= 4 is 11.3 Å². The zero-order valence-electron chi connectivity index (χ0n) is 11.6. The average molecular weight is 275 g/mol. The van der Waals surface area contributed by atoms with Crippen molar-refractivity contribution in [2.45, 2.75) is 39.3 Å². The van der Waals surface area contributed by atoms with Gasteiger partial charge >= 0.3 is 0 Å². The highest BCUT2D eigenvalue weighted by Gasteiger charge is 2.31. The van der Waals surface area contributed by atoms with E-state index in [1.165, 1.54) is 23.4 Å². The molecule has 2 heterocycles. The first-order chi connectivity index (χ1) is 9.26. The van der Waals surface area contributed by atoms with Crippen molar-refractivity contribution in [3.8, 4) is 0 Å². The van der Waals surface area contributed by atoms with E-state index in [4.69, 9.17) is 0 Å². The molecule has 0 aromatic carbocycles. The molecule has 1 N–H and O–H groups in total. The van der Waals surface area contributed by atoms with Crippen molar-refractivity contribution in [3.05, 3.63) is 40.1 Å². The summed E-state index contributed by atoms with van der Waals surface area (Å²) in [4.78, 5) is 4.53. The number of nitrogens with one attached hydrogen (secondary N) is 1. The van der Waals surface area contributed by atoms with Crippen LogP contribution in [0.1, 0.15) is 42.1 Å². The Hall–Kier alpha value is -1.13. The van der Waals surface area contributed by atoms with Crippen LogP contribution in [0.15, 0.2) is 23.8 Å². The van der Waals surface area contributed by atoms with Crippen LogP contribution in [0, 0.1) is 12.8 Å². The molecule has 4 heteroatoms. The standard InChI is InChI=1S/C15H21N3S/c1-3-16-15(12-4-5-12)13-6-7-18(8-13)9-14-17-11(2)10-19-14/h6-8,10,12,15-16H,3-5,9H2,1-2H3. The Labute approximate surface area is 118 Å². The maximum Gasteiger partial charge on any atom is 0.113 e. The van der Waals surface area contributed by atoms with Gasteiger partial charge < -0.3 is 9.88 Å². The van der Waals surface area contributed by atoms with E-state index in [-0.39, 0.29) is 0 Å². The van der Waals surface area contributed by atoms with E-state index in [0.29, 0.717) is 6.04 Å². The maximum absolute atomic E-state index is 4.53. The normalized spacial score (nSPS) is 16.7. The van der Waals surface area contributed by atoms with E-state index in [1.54, 1.807) is 11.3 Å². The molecule has 2 aromatic heterocycles. The SMILES string of the molecule is CCNC(c1ccn(Cc2nc(C)cs2)c1)C1CC1. The van der Waals surface area contributed by atoms with Gasteiger partial charge in [0, 0.05) is 29.5 Å². The number of thiazole rings is 1. The van der Waals surface area contributed by atoms with Crippen LogP contribution in [-0.4, -0.2) is 16.1 Å². The Morgan fingerprint density at radius 2 is 2.37 bits per heavy atom. The van der Waals surface area contributed by atoms with E-state index in [1.807, 2.05) is 0 Å². The molecular formula is C15H21N3S. The lowest BCUT2D eigenvalue weighted by molar-refractivity contribution is 0.495. The molecule has 0 aliphatic heterocycles. The summed E-state index contributed by atoms with van der Waals surface area (Å²) in [5.41, 5.74) is 2.55. The number of aryl methyl sites for hydroxylation is 1. The summed E-state index contributed by atoms with van der Waals surface area (Å²) < 4.78 is 2.25. The first-order valence-electron chi connectivity index (χ1n) is 7.06. The number of nitrogens with zero attached hydrogens (tertiary/aromatic N) is 2. The number of aromatic nitrogens is 2. The van der Waals surface area contributed by atoms with Crippen LogP contribution < -0.4 is 5.32 Å². The van der Waals surface area contributed by atoms with Crippen molar-refractivity contribution in [2.75, 3.05) is 6.54 Å². The van der Waals surface area contributed by atoms with Crippen LogP contribution in [0.5, 0.6) is 0 Å². The molecule has 19 heavy (non-hydrogen) atoms. The first kappa shape index (κ1) is 12.9. The lowest BCUT2D eigenvalue weighted by Crippen LogP contribution is -2.22. The second kappa shape index (κ2) is 5.47. The molecule has 1 aliphatic carbocycles. The van der Waals surface area contributed by atoms with Crippen molar-refractivity contribution in [1.29, 1.82) is 0 Å². The molecule has 0 radical (unpaired) electrons. The predicted octanol–water partition coefficient (Wildman–Crippen LogP) is 3.36. The summed E-state index contributed by atoms with van der Waals surface area (Å²) in [5.74, 6) is 0.845. The van der Waals surface area contributed by atoms with E-state index >= 15 is 0 Å². The molecule has 1 unspecified atom stereocenters. The quantitative estimate of drug-likeness (QED) is 0.876. The van der Waals surface area contributed by atoms with Gasteiger partial charge in [0.25, 0.3) is 0 Å². The minimum Gasteiger partial charge on any atom is -0.347 e. The molecule has 3 rings (SSSR count). The zero-order valence-corrected chi connectivity index (χ0v) is 12.4. The summed E-state index contributed by atoms with van der Waals surface area (Å²) in [5, 5.41) is 6.92. The first-order valence-corrected chi connectivity index (χ1v) is 7.94. The molecular weight excluding hydrogens is 254 g/mol. The average Bonchev–Trinajstić information content (AvgIpc) is 3.00. The fraction of sp³-hybridized carbons (Fsp3) is 0.533. The third kappa shape index (κ3) is 3.07.